The highest BCUT2D eigenvalue weighted by Gasteiger charge is 2.18. The Bertz CT molecular complexity index is 447. The third-order valence-corrected chi connectivity index (χ3v) is 3.16. The average molecular weight is 319 g/mol. The van der Waals surface area contributed by atoms with Gasteiger partial charge in [0.05, 0.1) is 18.2 Å². The Morgan fingerprint density at radius 2 is 1.90 bits per heavy atom. The molecular weight excluding hydrogens is 299 g/mol. The summed E-state index contributed by atoms with van der Waals surface area (Å²) in [7, 11) is 0. The molecule has 1 rings (SSSR count). The summed E-state index contributed by atoms with van der Waals surface area (Å²) in [5.74, 6) is 0.331. The second kappa shape index (κ2) is 8.63. The van der Waals surface area contributed by atoms with Crippen LogP contribution in [-0.2, 0) is 9.47 Å². The minimum absolute atomic E-state index is 0.157. The van der Waals surface area contributed by atoms with Crippen LogP contribution in [0, 0.1) is 5.92 Å². The number of carbonyl (C=O) groups excluding carboxylic acids is 1. The lowest BCUT2D eigenvalue weighted by atomic mass is 10.1. The summed E-state index contributed by atoms with van der Waals surface area (Å²) in [6, 6.07) is 4.80. The van der Waals surface area contributed by atoms with Gasteiger partial charge in [0.15, 0.2) is 5.78 Å². The lowest BCUT2D eigenvalue weighted by Gasteiger charge is -2.13. The third kappa shape index (κ3) is 5.80. The van der Waals surface area contributed by atoms with E-state index in [2.05, 4.69) is 13.8 Å². The maximum absolute atomic E-state index is 12.2. The Balaban J connectivity index is 2.43. The maximum Gasteiger partial charge on any atom is 0.192 e. The van der Waals surface area contributed by atoms with Crippen molar-refractivity contribution in [1.29, 1.82) is 0 Å². The summed E-state index contributed by atoms with van der Waals surface area (Å²) in [4.78, 5) is 12.2. The van der Waals surface area contributed by atoms with Gasteiger partial charge in [-0.2, -0.15) is 0 Å². The molecule has 0 N–H and O–H groups in total. The van der Waals surface area contributed by atoms with Crippen LogP contribution in [-0.4, -0.2) is 31.7 Å². The minimum Gasteiger partial charge on any atom is -0.379 e. The summed E-state index contributed by atoms with van der Waals surface area (Å²) in [6.45, 7) is 7.41. The van der Waals surface area contributed by atoms with E-state index in [0.29, 0.717) is 41.3 Å². The normalized spacial score (nSPS) is 12.7. The summed E-state index contributed by atoms with van der Waals surface area (Å²) >= 11 is 11.8. The predicted octanol–water partition coefficient (Wildman–Crippen LogP) is 4.25. The fourth-order valence-electron chi connectivity index (χ4n) is 1.59. The second-order valence-electron chi connectivity index (χ2n) is 4.97. The van der Waals surface area contributed by atoms with Crippen molar-refractivity contribution in [3.05, 3.63) is 33.8 Å². The molecule has 0 bridgehead atoms. The Hall–Kier alpha value is -0.610. The standard InChI is InChI=1S/C15H20Cl2O3/c1-10(2)9-19-6-7-20-11(3)15(18)13-5-4-12(16)8-14(13)17/h4-5,8,10-11H,6-7,9H2,1-3H3. The SMILES string of the molecule is CC(C)COCCOC(C)C(=O)c1ccc(Cl)cc1Cl. The largest absolute Gasteiger partial charge is 0.379 e. The number of benzene rings is 1. The van der Waals surface area contributed by atoms with Crippen LogP contribution >= 0.6 is 23.2 Å². The summed E-state index contributed by atoms with van der Waals surface area (Å²) in [5, 5.41) is 0.844. The van der Waals surface area contributed by atoms with Crippen LogP contribution in [0.5, 0.6) is 0 Å². The zero-order valence-corrected chi connectivity index (χ0v) is 13.5. The molecule has 5 heteroatoms. The summed E-state index contributed by atoms with van der Waals surface area (Å²) < 4.78 is 10.8. The van der Waals surface area contributed by atoms with E-state index in [-0.39, 0.29) is 5.78 Å². The fourth-order valence-corrected chi connectivity index (χ4v) is 2.09. The average Bonchev–Trinajstić information content (AvgIpc) is 2.37. The highest BCUT2D eigenvalue weighted by Crippen LogP contribution is 2.22. The van der Waals surface area contributed by atoms with Crippen molar-refractivity contribution in [3.63, 3.8) is 0 Å². The van der Waals surface area contributed by atoms with E-state index in [9.17, 15) is 4.79 Å². The molecule has 0 aliphatic rings. The molecule has 1 aromatic rings. The number of hydrogen-bond donors (Lipinski definition) is 0. The molecular formula is C15H20Cl2O3. The molecule has 0 heterocycles. The molecule has 0 aromatic heterocycles. The highest BCUT2D eigenvalue weighted by molar-refractivity contribution is 6.37. The molecule has 20 heavy (non-hydrogen) atoms. The molecule has 0 amide bonds. The topological polar surface area (TPSA) is 35.5 Å². The fraction of sp³-hybridized carbons (Fsp3) is 0.533. The molecule has 0 aliphatic heterocycles. The Morgan fingerprint density at radius 3 is 2.50 bits per heavy atom. The number of carbonyl (C=O) groups is 1. The molecule has 0 aliphatic carbocycles. The van der Waals surface area contributed by atoms with Crippen molar-refractivity contribution in [1.82, 2.24) is 0 Å². The minimum atomic E-state index is -0.559. The van der Waals surface area contributed by atoms with E-state index in [1.54, 1.807) is 25.1 Å². The summed E-state index contributed by atoms with van der Waals surface area (Å²) in [6.07, 6.45) is -0.559. The van der Waals surface area contributed by atoms with Crippen molar-refractivity contribution in [2.45, 2.75) is 26.9 Å². The van der Waals surface area contributed by atoms with Gasteiger partial charge in [0.25, 0.3) is 0 Å². The molecule has 0 fully saturated rings. The number of ketones is 1. The van der Waals surface area contributed by atoms with Gasteiger partial charge < -0.3 is 9.47 Å². The first-order valence-corrected chi connectivity index (χ1v) is 7.36. The van der Waals surface area contributed by atoms with Crippen molar-refractivity contribution < 1.29 is 14.3 Å². The Kier molecular flexibility index (Phi) is 7.52. The number of halogens is 2. The van der Waals surface area contributed by atoms with E-state index in [1.165, 1.54) is 0 Å². The van der Waals surface area contributed by atoms with Crippen LogP contribution in [0.3, 0.4) is 0 Å². The second-order valence-corrected chi connectivity index (χ2v) is 5.81. The monoisotopic (exact) mass is 318 g/mol. The van der Waals surface area contributed by atoms with Crippen molar-refractivity contribution in [2.75, 3.05) is 19.8 Å². The predicted molar refractivity (Wildman–Crippen MR) is 81.9 cm³/mol. The van der Waals surface area contributed by atoms with Crippen LogP contribution in [0.4, 0.5) is 0 Å². The van der Waals surface area contributed by atoms with Gasteiger partial charge in [-0.1, -0.05) is 37.0 Å². The first-order chi connectivity index (χ1) is 9.41. The van der Waals surface area contributed by atoms with Gasteiger partial charge in [-0.15, -0.1) is 0 Å². The molecule has 0 saturated carbocycles. The smallest absolute Gasteiger partial charge is 0.192 e. The molecule has 112 valence electrons. The van der Waals surface area contributed by atoms with E-state index < -0.39 is 6.10 Å². The Labute approximate surface area is 130 Å². The molecule has 3 nitrogen and oxygen atoms in total. The quantitative estimate of drug-likeness (QED) is 0.531. The van der Waals surface area contributed by atoms with E-state index in [1.807, 2.05) is 0 Å². The molecule has 0 saturated heterocycles. The Morgan fingerprint density at radius 1 is 1.20 bits per heavy atom. The summed E-state index contributed by atoms with van der Waals surface area (Å²) in [5.41, 5.74) is 0.423. The first-order valence-electron chi connectivity index (χ1n) is 6.60. The van der Waals surface area contributed by atoms with Crippen molar-refractivity contribution in [3.8, 4) is 0 Å². The number of rotatable bonds is 8. The van der Waals surface area contributed by atoms with Crippen molar-refractivity contribution >= 4 is 29.0 Å². The van der Waals surface area contributed by atoms with E-state index in [0.717, 1.165) is 0 Å². The lowest BCUT2D eigenvalue weighted by Crippen LogP contribution is -2.23. The zero-order valence-electron chi connectivity index (χ0n) is 12.0. The molecule has 1 atom stereocenters. The van der Waals surface area contributed by atoms with Gasteiger partial charge in [0.1, 0.15) is 6.10 Å². The van der Waals surface area contributed by atoms with Gasteiger partial charge >= 0.3 is 0 Å². The lowest BCUT2D eigenvalue weighted by molar-refractivity contribution is 0.00971. The van der Waals surface area contributed by atoms with Crippen LogP contribution < -0.4 is 0 Å². The number of ether oxygens (including phenoxy) is 2. The van der Waals surface area contributed by atoms with Crippen LogP contribution in [0.2, 0.25) is 10.0 Å². The van der Waals surface area contributed by atoms with Crippen LogP contribution in [0.15, 0.2) is 18.2 Å². The van der Waals surface area contributed by atoms with Crippen LogP contribution in [0.1, 0.15) is 31.1 Å². The molecule has 1 aromatic carbocycles. The van der Waals surface area contributed by atoms with Gasteiger partial charge in [-0.3, -0.25) is 4.79 Å². The van der Waals surface area contributed by atoms with Crippen molar-refractivity contribution in [2.24, 2.45) is 5.92 Å². The first kappa shape index (κ1) is 17.4. The molecule has 1 unspecified atom stereocenters. The van der Waals surface area contributed by atoms with E-state index >= 15 is 0 Å². The van der Waals surface area contributed by atoms with Gasteiger partial charge in [0, 0.05) is 17.2 Å². The zero-order chi connectivity index (χ0) is 15.1. The van der Waals surface area contributed by atoms with Gasteiger partial charge in [-0.05, 0) is 31.0 Å². The number of Topliss-reactive ketones (excluding diaryl/α,β-unsaturated/α-hetero) is 1. The van der Waals surface area contributed by atoms with E-state index in [4.69, 9.17) is 32.7 Å². The maximum atomic E-state index is 12.2. The molecule has 0 spiro atoms. The number of hydrogen-bond acceptors (Lipinski definition) is 3. The van der Waals surface area contributed by atoms with Gasteiger partial charge in [-0.25, -0.2) is 0 Å². The highest BCUT2D eigenvalue weighted by atomic mass is 35.5. The molecule has 0 radical (unpaired) electrons. The third-order valence-electron chi connectivity index (χ3n) is 2.61. The van der Waals surface area contributed by atoms with Gasteiger partial charge in [0.2, 0.25) is 0 Å². The van der Waals surface area contributed by atoms with Crippen LogP contribution in [0.25, 0.3) is 0 Å².